The van der Waals surface area contributed by atoms with Gasteiger partial charge in [0.15, 0.2) is 9.84 Å². The maximum absolute atomic E-state index is 11.3. The van der Waals surface area contributed by atoms with Crippen molar-refractivity contribution in [3.8, 4) is 0 Å². The van der Waals surface area contributed by atoms with E-state index in [1.54, 1.807) is 6.92 Å². The highest BCUT2D eigenvalue weighted by Gasteiger charge is 2.14. The molecule has 1 saturated carbocycles. The zero-order valence-electron chi connectivity index (χ0n) is 11.0. The van der Waals surface area contributed by atoms with E-state index in [1.807, 2.05) is 0 Å². The fourth-order valence-corrected chi connectivity index (χ4v) is 2.67. The van der Waals surface area contributed by atoms with Crippen molar-refractivity contribution in [1.82, 2.24) is 10.7 Å². The molecule has 106 valence electrons. The summed E-state index contributed by atoms with van der Waals surface area (Å²) in [6, 6.07) is 0.399. The molecule has 0 aromatic heterocycles. The van der Waals surface area contributed by atoms with Gasteiger partial charge >= 0.3 is 0 Å². The Morgan fingerprint density at radius 1 is 1.33 bits per heavy atom. The number of nitrogens with two attached hydrogens (primary N) is 1. The molecule has 7 heteroatoms. The third-order valence-electron chi connectivity index (χ3n) is 3.19. The highest BCUT2D eigenvalue weighted by molar-refractivity contribution is 7.91. The number of nitrogens with zero attached hydrogens (tertiary/aromatic N) is 1. The number of guanidine groups is 1. The molecule has 1 aliphatic carbocycles. The number of hydrogen-bond acceptors (Lipinski definition) is 4. The van der Waals surface area contributed by atoms with Gasteiger partial charge in [-0.15, -0.1) is 0 Å². The Morgan fingerprint density at radius 3 is 2.56 bits per heavy atom. The largest absolute Gasteiger partial charge is 0.353 e. The molecule has 18 heavy (non-hydrogen) atoms. The molecular formula is C11H24N4O2S. The highest BCUT2D eigenvalue weighted by atomic mass is 32.2. The minimum absolute atomic E-state index is 0.0705. The quantitative estimate of drug-likeness (QED) is 0.288. The summed E-state index contributed by atoms with van der Waals surface area (Å²) in [5.74, 6) is 6.10. The normalized spacial score (nSPS) is 18.7. The molecule has 0 amide bonds. The average molecular weight is 276 g/mol. The molecule has 6 nitrogen and oxygen atoms in total. The van der Waals surface area contributed by atoms with E-state index in [0.29, 0.717) is 12.0 Å². The van der Waals surface area contributed by atoms with Crippen LogP contribution in [0.3, 0.4) is 0 Å². The molecule has 0 unspecified atom stereocenters. The molecule has 4 N–H and O–H groups in total. The van der Waals surface area contributed by atoms with Crippen LogP contribution in [0.5, 0.6) is 0 Å². The van der Waals surface area contributed by atoms with Crippen molar-refractivity contribution in [2.24, 2.45) is 10.8 Å². The van der Waals surface area contributed by atoms with Gasteiger partial charge in [-0.05, 0) is 12.8 Å². The third-order valence-corrected chi connectivity index (χ3v) is 4.88. The minimum atomic E-state index is -2.96. The average Bonchev–Trinajstić information content (AvgIpc) is 2.38. The van der Waals surface area contributed by atoms with Crippen LogP contribution in [-0.2, 0) is 9.84 Å². The first-order valence-electron chi connectivity index (χ1n) is 6.55. The van der Waals surface area contributed by atoms with Gasteiger partial charge in [0.1, 0.15) is 0 Å². The van der Waals surface area contributed by atoms with Crippen molar-refractivity contribution >= 4 is 15.8 Å². The molecule has 1 fully saturated rings. The molecule has 0 atom stereocenters. The summed E-state index contributed by atoms with van der Waals surface area (Å²) in [5, 5.41) is 3.23. The van der Waals surface area contributed by atoms with Gasteiger partial charge in [0, 0.05) is 11.8 Å². The number of aliphatic imine (C=N–C) groups is 1. The van der Waals surface area contributed by atoms with Crippen LogP contribution >= 0.6 is 0 Å². The van der Waals surface area contributed by atoms with Gasteiger partial charge in [0.25, 0.3) is 0 Å². The molecular weight excluding hydrogens is 252 g/mol. The maximum Gasteiger partial charge on any atom is 0.205 e. The first-order chi connectivity index (χ1) is 8.57. The lowest BCUT2D eigenvalue weighted by Gasteiger charge is -2.24. The second-order valence-electron chi connectivity index (χ2n) is 4.59. The molecule has 0 aromatic rings. The molecule has 1 rings (SSSR count). The summed E-state index contributed by atoms with van der Waals surface area (Å²) in [6.07, 6.45) is 5.97. The van der Waals surface area contributed by atoms with Gasteiger partial charge < -0.3 is 5.32 Å². The lowest BCUT2D eigenvalue weighted by molar-refractivity contribution is 0.410. The van der Waals surface area contributed by atoms with E-state index in [1.165, 1.54) is 19.3 Å². The molecule has 0 saturated heterocycles. The van der Waals surface area contributed by atoms with Gasteiger partial charge in [0.05, 0.1) is 12.3 Å². The smallest absolute Gasteiger partial charge is 0.205 e. The molecule has 0 radical (unpaired) electrons. The van der Waals surface area contributed by atoms with Gasteiger partial charge in [-0.25, -0.2) is 14.3 Å². The number of hydrogen-bond donors (Lipinski definition) is 3. The number of hydrazine groups is 1. The van der Waals surface area contributed by atoms with Crippen molar-refractivity contribution in [3.63, 3.8) is 0 Å². The number of nitrogens with one attached hydrogen (secondary N) is 2. The zero-order valence-corrected chi connectivity index (χ0v) is 11.8. The van der Waals surface area contributed by atoms with Crippen LogP contribution in [0, 0.1) is 0 Å². The predicted molar refractivity (Wildman–Crippen MR) is 74.0 cm³/mol. The van der Waals surface area contributed by atoms with Gasteiger partial charge in [-0.3, -0.25) is 10.4 Å². The Bertz CT molecular complexity index is 361. The standard InChI is InChI=1S/C11H24N4O2S/c1-2-18(16,17)9-8-13-11(15-12)14-10-6-4-3-5-7-10/h10H,2-9,12H2,1H3,(H2,13,14,15). The summed E-state index contributed by atoms with van der Waals surface area (Å²) in [4.78, 5) is 4.16. The molecule has 0 heterocycles. The first-order valence-corrected chi connectivity index (χ1v) is 8.37. The molecule has 0 aromatic carbocycles. The Kier molecular flexibility index (Phi) is 6.42. The van der Waals surface area contributed by atoms with Crippen LogP contribution < -0.4 is 16.6 Å². The fraction of sp³-hybridized carbons (Fsp3) is 0.909. The van der Waals surface area contributed by atoms with Crippen LogP contribution in [0.1, 0.15) is 39.0 Å². The first kappa shape index (κ1) is 15.2. The Hall–Kier alpha value is -0.820. The maximum atomic E-state index is 11.3. The van der Waals surface area contributed by atoms with E-state index in [2.05, 4.69) is 15.7 Å². The summed E-state index contributed by atoms with van der Waals surface area (Å²) < 4.78 is 22.6. The lowest BCUT2D eigenvalue weighted by atomic mass is 9.96. The summed E-state index contributed by atoms with van der Waals surface area (Å²) in [7, 11) is -2.96. The van der Waals surface area contributed by atoms with E-state index in [-0.39, 0.29) is 18.1 Å². The predicted octanol–water partition coefficient (Wildman–Crippen LogP) is 0.163. The third kappa shape index (κ3) is 5.68. The van der Waals surface area contributed by atoms with Gasteiger partial charge in [-0.1, -0.05) is 26.2 Å². The van der Waals surface area contributed by atoms with Crippen molar-refractivity contribution in [3.05, 3.63) is 0 Å². The van der Waals surface area contributed by atoms with Crippen LogP contribution in [0.15, 0.2) is 4.99 Å². The molecule has 0 bridgehead atoms. The van der Waals surface area contributed by atoms with Gasteiger partial charge in [-0.2, -0.15) is 0 Å². The lowest BCUT2D eigenvalue weighted by Crippen LogP contribution is -2.47. The van der Waals surface area contributed by atoms with Crippen LogP contribution in [0.2, 0.25) is 0 Å². The van der Waals surface area contributed by atoms with Crippen LogP contribution in [0.25, 0.3) is 0 Å². The van der Waals surface area contributed by atoms with E-state index >= 15 is 0 Å². The van der Waals surface area contributed by atoms with Crippen LogP contribution in [0.4, 0.5) is 0 Å². The summed E-state index contributed by atoms with van der Waals surface area (Å²) in [6.45, 7) is 1.89. The van der Waals surface area contributed by atoms with Crippen LogP contribution in [-0.4, -0.2) is 38.5 Å². The zero-order chi connectivity index (χ0) is 13.4. The van der Waals surface area contributed by atoms with Gasteiger partial charge in [0.2, 0.25) is 5.96 Å². The number of rotatable bonds is 5. The molecule has 0 aliphatic heterocycles. The topological polar surface area (TPSA) is 96.6 Å². The van der Waals surface area contributed by atoms with E-state index in [4.69, 9.17) is 5.84 Å². The summed E-state index contributed by atoms with van der Waals surface area (Å²) >= 11 is 0. The molecule has 1 aliphatic rings. The van der Waals surface area contributed by atoms with Crippen molar-refractivity contribution in [2.45, 2.75) is 45.1 Å². The number of sulfone groups is 1. The Balaban J connectivity index is 2.39. The second-order valence-corrected chi connectivity index (χ2v) is 7.06. The molecule has 0 spiro atoms. The Labute approximate surface area is 109 Å². The van der Waals surface area contributed by atoms with Crippen molar-refractivity contribution < 1.29 is 8.42 Å². The highest BCUT2D eigenvalue weighted by Crippen LogP contribution is 2.17. The summed E-state index contributed by atoms with van der Waals surface area (Å²) in [5.41, 5.74) is 2.50. The van der Waals surface area contributed by atoms with E-state index in [9.17, 15) is 8.42 Å². The van der Waals surface area contributed by atoms with E-state index in [0.717, 1.165) is 12.8 Å². The second kappa shape index (κ2) is 7.58. The Morgan fingerprint density at radius 2 is 2.00 bits per heavy atom. The minimum Gasteiger partial charge on any atom is -0.353 e. The monoisotopic (exact) mass is 276 g/mol. The van der Waals surface area contributed by atoms with E-state index < -0.39 is 9.84 Å². The fourth-order valence-electron chi connectivity index (χ4n) is 2.01. The van der Waals surface area contributed by atoms with Crippen molar-refractivity contribution in [2.75, 3.05) is 18.1 Å². The van der Waals surface area contributed by atoms with Crippen molar-refractivity contribution in [1.29, 1.82) is 0 Å². The SMILES string of the molecule is CCS(=O)(=O)CCN=C(NN)NC1CCCCC1.